The summed E-state index contributed by atoms with van der Waals surface area (Å²) in [5.74, 6) is 6.70. The number of rotatable bonds is 3. The van der Waals surface area contributed by atoms with E-state index in [0.717, 1.165) is 36.2 Å². The Morgan fingerprint density at radius 1 is 1.44 bits per heavy atom. The summed E-state index contributed by atoms with van der Waals surface area (Å²) in [6.45, 7) is 2.00. The summed E-state index contributed by atoms with van der Waals surface area (Å²) in [5, 5.41) is 0. The Morgan fingerprint density at radius 3 is 2.67 bits per heavy atom. The van der Waals surface area contributed by atoms with Crippen LogP contribution in [0.1, 0.15) is 12.8 Å². The molecule has 0 spiro atoms. The van der Waals surface area contributed by atoms with E-state index < -0.39 is 0 Å². The molecule has 2 heterocycles. The topological polar surface area (TPSA) is 70.3 Å². The third kappa shape index (κ3) is 2.90. The molecule has 0 aromatic carbocycles. The Kier molecular flexibility index (Phi) is 4.36. The summed E-state index contributed by atoms with van der Waals surface area (Å²) in [4.78, 5) is 13.0. The third-order valence-electron chi connectivity index (χ3n) is 3.35. The molecular weight excluding hydrogens is 296 g/mol. The van der Waals surface area contributed by atoms with Gasteiger partial charge in [-0.05, 0) is 42.9 Å². The number of hydrogen-bond donors (Lipinski definition) is 2. The molecule has 6 nitrogen and oxygen atoms in total. The van der Waals surface area contributed by atoms with Crippen LogP contribution >= 0.6 is 15.9 Å². The van der Waals surface area contributed by atoms with Crippen molar-refractivity contribution in [2.24, 2.45) is 5.84 Å². The minimum absolute atomic E-state index is 0.447. The zero-order chi connectivity index (χ0) is 13.1. The SMILES string of the molecule is CN(C)C1CCN(c2nc(NN)ncc2Br)CC1. The summed E-state index contributed by atoms with van der Waals surface area (Å²) in [6.07, 6.45) is 4.03. The highest BCUT2D eigenvalue weighted by atomic mass is 79.9. The molecule has 1 fully saturated rings. The minimum atomic E-state index is 0.447. The van der Waals surface area contributed by atoms with Gasteiger partial charge in [0.25, 0.3) is 0 Å². The standard InChI is InChI=1S/C11H19BrN6/c1-17(2)8-3-5-18(6-4-8)10-9(12)7-14-11(15-10)16-13/h7-8H,3-6,13H2,1-2H3,(H,14,15,16). The molecule has 0 amide bonds. The number of halogens is 1. The van der Waals surface area contributed by atoms with Crippen molar-refractivity contribution in [3.05, 3.63) is 10.7 Å². The van der Waals surface area contributed by atoms with Crippen molar-refractivity contribution in [2.45, 2.75) is 18.9 Å². The lowest BCUT2D eigenvalue weighted by molar-refractivity contribution is 0.249. The van der Waals surface area contributed by atoms with E-state index in [-0.39, 0.29) is 0 Å². The number of anilines is 2. The lowest BCUT2D eigenvalue weighted by Gasteiger charge is -2.36. The van der Waals surface area contributed by atoms with E-state index in [1.807, 2.05) is 0 Å². The van der Waals surface area contributed by atoms with Crippen molar-refractivity contribution >= 4 is 27.7 Å². The number of hydrazine groups is 1. The molecule has 100 valence electrons. The first-order valence-corrected chi connectivity index (χ1v) is 6.81. The van der Waals surface area contributed by atoms with Crippen LogP contribution in [0.3, 0.4) is 0 Å². The molecule has 1 aliphatic heterocycles. The molecule has 2 rings (SSSR count). The maximum Gasteiger partial charge on any atom is 0.239 e. The van der Waals surface area contributed by atoms with Crippen LogP contribution in [0.25, 0.3) is 0 Å². The molecule has 0 aliphatic carbocycles. The number of nitrogens with one attached hydrogen (secondary N) is 1. The van der Waals surface area contributed by atoms with E-state index in [9.17, 15) is 0 Å². The van der Waals surface area contributed by atoms with Crippen LogP contribution in [-0.2, 0) is 0 Å². The van der Waals surface area contributed by atoms with Crippen molar-refractivity contribution < 1.29 is 0 Å². The second-order valence-electron chi connectivity index (χ2n) is 4.69. The quantitative estimate of drug-likeness (QED) is 0.642. The molecule has 1 aromatic heterocycles. The molecule has 0 unspecified atom stereocenters. The molecule has 0 radical (unpaired) electrons. The molecule has 1 saturated heterocycles. The maximum absolute atomic E-state index is 5.34. The van der Waals surface area contributed by atoms with Crippen LogP contribution in [0.5, 0.6) is 0 Å². The van der Waals surface area contributed by atoms with Crippen LogP contribution in [0.2, 0.25) is 0 Å². The Bertz CT molecular complexity index is 403. The summed E-state index contributed by atoms with van der Waals surface area (Å²) >= 11 is 3.49. The molecule has 1 aliphatic rings. The van der Waals surface area contributed by atoms with E-state index >= 15 is 0 Å². The predicted molar refractivity (Wildman–Crippen MR) is 76.5 cm³/mol. The average Bonchev–Trinajstić information content (AvgIpc) is 2.39. The van der Waals surface area contributed by atoms with Gasteiger partial charge in [0, 0.05) is 25.3 Å². The van der Waals surface area contributed by atoms with E-state index in [1.54, 1.807) is 6.20 Å². The van der Waals surface area contributed by atoms with Crippen LogP contribution in [0, 0.1) is 0 Å². The van der Waals surface area contributed by atoms with Crippen LogP contribution < -0.4 is 16.2 Å². The monoisotopic (exact) mass is 314 g/mol. The van der Waals surface area contributed by atoms with Gasteiger partial charge in [-0.3, -0.25) is 5.43 Å². The highest BCUT2D eigenvalue weighted by Gasteiger charge is 2.23. The van der Waals surface area contributed by atoms with E-state index in [4.69, 9.17) is 5.84 Å². The van der Waals surface area contributed by atoms with Crippen molar-refractivity contribution in [3.63, 3.8) is 0 Å². The predicted octanol–water partition coefficient (Wildman–Crippen LogP) is 1.06. The normalized spacial score (nSPS) is 17.3. The first-order valence-electron chi connectivity index (χ1n) is 6.02. The molecule has 0 bridgehead atoms. The zero-order valence-corrected chi connectivity index (χ0v) is 12.3. The van der Waals surface area contributed by atoms with Gasteiger partial charge in [-0.2, -0.15) is 4.98 Å². The van der Waals surface area contributed by atoms with Crippen molar-refractivity contribution in [3.8, 4) is 0 Å². The fourth-order valence-electron chi connectivity index (χ4n) is 2.24. The largest absolute Gasteiger partial charge is 0.355 e. The number of nitrogens with zero attached hydrogens (tertiary/aromatic N) is 4. The van der Waals surface area contributed by atoms with Crippen molar-refractivity contribution in [2.75, 3.05) is 37.5 Å². The summed E-state index contributed by atoms with van der Waals surface area (Å²) < 4.78 is 0.907. The second kappa shape index (κ2) is 5.81. The second-order valence-corrected chi connectivity index (χ2v) is 5.55. The minimum Gasteiger partial charge on any atom is -0.355 e. The lowest BCUT2D eigenvalue weighted by Crippen LogP contribution is -2.42. The lowest BCUT2D eigenvalue weighted by atomic mass is 10.0. The van der Waals surface area contributed by atoms with Gasteiger partial charge in [0.15, 0.2) is 0 Å². The van der Waals surface area contributed by atoms with E-state index in [1.165, 1.54) is 0 Å². The molecular formula is C11H19BrN6. The first-order chi connectivity index (χ1) is 8.61. The molecule has 3 N–H and O–H groups in total. The molecule has 7 heteroatoms. The number of nitrogen functional groups attached to an aromatic ring is 1. The maximum atomic E-state index is 5.34. The smallest absolute Gasteiger partial charge is 0.239 e. The fourth-order valence-corrected chi connectivity index (χ4v) is 2.69. The average molecular weight is 315 g/mol. The van der Waals surface area contributed by atoms with Gasteiger partial charge in [-0.15, -0.1) is 0 Å². The van der Waals surface area contributed by atoms with Crippen molar-refractivity contribution in [1.29, 1.82) is 0 Å². The number of nitrogens with two attached hydrogens (primary N) is 1. The number of piperidine rings is 1. The Morgan fingerprint density at radius 2 is 2.11 bits per heavy atom. The van der Waals surface area contributed by atoms with Gasteiger partial charge in [0.2, 0.25) is 5.95 Å². The zero-order valence-electron chi connectivity index (χ0n) is 10.7. The van der Waals surface area contributed by atoms with Gasteiger partial charge < -0.3 is 9.80 Å². The Labute approximate surface area is 116 Å². The van der Waals surface area contributed by atoms with Gasteiger partial charge in [-0.1, -0.05) is 0 Å². The third-order valence-corrected chi connectivity index (χ3v) is 3.91. The van der Waals surface area contributed by atoms with E-state index in [0.29, 0.717) is 12.0 Å². The molecule has 1 aromatic rings. The molecule has 18 heavy (non-hydrogen) atoms. The number of aromatic nitrogens is 2. The summed E-state index contributed by atoms with van der Waals surface area (Å²) in [6, 6.07) is 0.661. The Hall–Kier alpha value is -0.920. The van der Waals surface area contributed by atoms with Crippen LogP contribution in [-0.4, -0.2) is 48.1 Å². The number of hydrogen-bond acceptors (Lipinski definition) is 6. The molecule has 0 saturated carbocycles. The van der Waals surface area contributed by atoms with Crippen molar-refractivity contribution in [1.82, 2.24) is 14.9 Å². The molecule has 0 atom stereocenters. The highest BCUT2D eigenvalue weighted by Crippen LogP contribution is 2.27. The van der Waals surface area contributed by atoms with Gasteiger partial charge in [0.05, 0.1) is 4.47 Å². The van der Waals surface area contributed by atoms with Gasteiger partial charge in [0.1, 0.15) is 5.82 Å². The summed E-state index contributed by atoms with van der Waals surface area (Å²) in [5.41, 5.74) is 2.48. The highest BCUT2D eigenvalue weighted by molar-refractivity contribution is 9.10. The Balaban J connectivity index is 2.09. The van der Waals surface area contributed by atoms with Gasteiger partial charge >= 0.3 is 0 Å². The van der Waals surface area contributed by atoms with Crippen LogP contribution in [0.15, 0.2) is 10.7 Å². The van der Waals surface area contributed by atoms with Gasteiger partial charge in [-0.25, -0.2) is 10.8 Å². The fraction of sp³-hybridized carbons (Fsp3) is 0.636. The van der Waals surface area contributed by atoms with Crippen LogP contribution in [0.4, 0.5) is 11.8 Å². The summed E-state index contributed by atoms with van der Waals surface area (Å²) in [7, 11) is 4.27. The first kappa shape index (κ1) is 13.5. The van der Waals surface area contributed by atoms with E-state index in [2.05, 4.69) is 55.2 Å².